The summed E-state index contributed by atoms with van der Waals surface area (Å²) in [5.41, 5.74) is 3.15. The molecule has 0 spiro atoms. The smallest absolute Gasteiger partial charge is 0.275 e. The van der Waals surface area contributed by atoms with E-state index in [-0.39, 0.29) is 5.91 Å². The largest absolute Gasteiger partial charge is 0.320 e. The fraction of sp³-hybridized carbons (Fsp3) is 0.125. The van der Waals surface area contributed by atoms with Crippen LogP contribution in [0.15, 0.2) is 47.5 Å². The van der Waals surface area contributed by atoms with E-state index in [2.05, 4.69) is 36.4 Å². The molecule has 0 aliphatic carbocycles. The van der Waals surface area contributed by atoms with Crippen molar-refractivity contribution >= 4 is 27.5 Å². The van der Waals surface area contributed by atoms with Gasteiger partial charge in [-0.3, -0.25) is 9.36 Å². The number of amides is 1. The number of aromatic nitrogens is 4. The highest BCUT2D eigenvalue weighted by Gasteiger charge is 2.15. The van der Waals surface area contributed by atoms with Crippen LogP contribution in [0.1, 0.15) is 21.6 Å². The second-order valence-corrected chi connectivity index (χ2v) is 6.00. The molecule has 0 saturated heterocycles. The summed E-state index contributed by atoms with van der Waals surface area (Å²) in [5.74, 6) is 0.296. The zero-order valence-electron chi connectivity index (χ0n) is 12.6. The number of carbonyl (C=O) groups is 1. The molecule has 23 heavy (non-hydrogen) atoms. The molecular weight excluding hydrogens is 358 g/mol. The number of carbonyl (C=O) groups excluding carboxylic acids is 1. The molecule has 0 atom stereocenters. The number of nitrogens with one attached hydrogen (secondary N) is 1. The van der Waals surface area contributed by atoms with E-state index < -0.39 is 0 Å². The van der Waals surface area contributed by atoms with E-state index in [9.17, 15) is 4.79 Å². The summed E-state index contributed by atoms with van der Waals surface area (Å²) < 4.78 is 2.26. The van der Waals surface area contributed by atoms with Crippen LogP contribution < -0.4 is 5.32 Å². The van der Waals surface area contributed by atoms with Gasteiger partial charge in [-0.05, 0) is 59.1 Å². The van der Waals surface area contributed by atoms with Crippen LogP contribution >= 0.6 is 15.9 Å². The van der Waals surface area contributed by atoms with Crippen molar-refractivity contribution in [1.29, 1.82) is 0 Å². The Balaban J connectivity index is 1.93. The topological polar surface area (TPSA) is 72.7 Å². The monoisotopic (exact) mass is 371 g/mol. The average Bonchev–Trinajstić information content (AvgIpc) is 3.05. The first-order valence-electron chi connectivity index (χ1n) is 6.95. The summed E-state index contributed by atoms with van der Waals surface area (Å²) in [4.78, 5) is 17.0. The number of hydrogen-bond donors (Lipinski definition) is 1. The summed E-state index contributed by atoms with van der Waals surface area (Å²) in [7, 11) is 0. The van der Waals surface area contributed by atoms with Gasteiger partial charge in [-0.1, -0.05) is 12.1 Å². The Hall–Kier alpha value is -2.54. The molecule has 3 aromatic rings. The highest BCUT2D eigenvalue weighted by atomic mass is 79.9. The molecule has 3 rings (SSSR count). The molecule has 0 unspecified atom stereocenters. The molecule has 0 saturated carbocycles. The predicted molar refractivity (Wildman–Crippen MR) is 90.7 cm³/mol. The van der Waals surface area contributed by atoms with Gasteiger partial charge >= 0.3 is 0 Å². The van der Waals surface area contributed by atoms with Crippen LogP contribution in [0.3, 0.4) is 0 Å². The summed E-state index contributed by atoms with van der Waals surface area (Å²) in [6.07, 6.45) is 3.06. The molecule has 6 nitrogen and oxygen atoms in total. The number of hydrogen-bond acceptors (Lipinski definition) is 4. The Morgan fingerprint density at radius 2 is 1.87 bits per heavy atom. The van der Waals surface area contributed by atoms with Crippen molar-refractivity contribution in [2.24, 2.45) is 0 Å². The minimum absolute atomic E-state index is 0.277. The third kappa shape index (κ3) is 3.29. The van der Waals surface area contributed by atoms with Gasteiger partial charge in [0.1, 0.15) is 24.2 Å². The van der Waals surface area contributed by atoms with Crippen LogP contribution in [-0.4, -0.2) is 25.7 Å². The lowest BCUT2D eigenvalue weighted by Crippen LogP contribution is -2.16. The molecule has 1 amide bonds. The first kappa shape index (κ1) is 15.4. The minimum Gasteiger partial charge on any atom is -0.320 e. The number of benzene rings is 1. The summed E-state index contributed by atoms with van der Waals surface area (Å²) >= 11 is 3.38. The Bertz CT molecular complexity index is 861. The van der Waals surface area contributed by atoms with Crippen LogP contribution in [0.2, 0.25) is 0 Å². The Labute approximate surface area is 141 Å². The van der Waals surface area contributed by atoms with Crippen molar-refractivity contribution in [2.45, 2.75) is 13.8 Å². The third-order valence-electron chi connectivity index (χ3n) is 3.37. The van der Waals surface area contributed by atoms with Crippen LogP contribution in [0.5, 0.6) is 0 Å². The lowest BCUT2D eigenvalue weighted by Gasteiger charge is -2.11. The Morgan fingerprint density at radius 3 is 2.61 bits per heavy atom. The normalized spacial score (nSPS) is 10.6. The summed E-state index contributed by atoms with van der Waals surface area (Å²) in [6.45, 7) is 3.93. The lowest BCUT2D eigenvalue weighted by molar-refractivity contribution is 0.102. The zero-order chi connectivity index (χ0) is 16.4. The van der Waals surface area contributed by atoms with Crippen LogP contribution in [0.25, 0.3) is 5.82 Å². The van der Waals surface area contributed by atoms with E-state index in [1.807, 2.05) is 32.0 Å². The molecule has 1 aromatic carbocycles. The van der Waals surface area contributed by atoms with Gasteiger partial charge in [0.15, 0.2) is 0 Å². The molecule has 0 aliphatic rings. The van der Waals surface area contributed by atoms with E-state index in [1.54, 1.807) is 16.7 Å². The first-order valence-corrected chi connectivity index (χ1v) is 7.74. The van der Waals surface area contributed by atoms with Gasteiger partial charge in [0.25, 0.3) is 5.91 Å². The summed E-state index contributed by atoms with van der Waals surface area (Å²) in [5, 5.41) is 10.4. The highest BCUT2D eigenvalue weighted by molar-refractivity contribution is 9.10. The number of halogens is 1. The quantitative estimate of drug-likeness (QED) is 0.766. The lowest BCUT2D eigenvalue weighted by atomic mass is 10.1. The van der Waals surface area contributed by atoms with Gasteiger partial charge < -0.3 is 5.32 Å². The molecular formula is C16H14BrN5O. The maximum absolute atomic E-state index is 12.6. The van der Waals surface area contributed by atoms with Gasteiger partial charge in [-0.25, -0.2) is 4.98 Å². The van der Waals surface area contributed by atoms with Crippen LogP contribution in [-0.2, 0) is 0 Å². The average molecular weight is 372 g/mol. The minimum atomic E-state index is -0.277. The van der Waals surface area contributed by atoms with E-state index in [0.717, 1.165) is 16.8 Å². The van der Waals surface area contributed by atoms with Gasteiger partial charge in [0, 0.05) is 10.2 Å². The SMILES string of the molecule is Cc1ccc(C)c(NC(=O)c2nc(-n3cnnc3)ccc2Br)c1. The third-order valence-corrected chi connectivity index (χ3v) is 4.01. The molecule has 7 heteroatoms. The maximum Gasteiger partial charge on any atom is 0.275 e. The molecule has 0 radical (unpaired) electrons. The van der Waals surface area contributed by atoms with E-state index >= 15 is 0 Å². The van der Waals surface area contributed by atoms with E-state index in [4.69, 9.17) is 0 Å². The molecule has 0 bridgehead atoms. The summed E-state index contributed by atoms with van der Waals surface area (Å²) in [6, 6.07) is 9.47. The maximum atomic E-state index is 12.6. The van der Waals surface area contributed by atoms with Crippen molar-refractivity contribution < 1.29 is 4.79 Å². The predicted octanol–water partition coefficient (Wildman–Crippen LogP) is 3.29. The van der Waals surface area contributed by atoms with Crippen molar-refractivity contribution in [1.82, 2.24) is 19.7 Å². The highest BCUT2D eigenvalue weighted by Crippen LogP contribution is 2.21. The Kier molecular flexibility index (Phi) is 4.20. The second kappa shape index (κ2) is 6.29. The number of anilines is 1. The second-order valence-electron chi connectivity index (χ2n) is 5.14. The van der Waals surface area contributed by atoms with Gasteiger partial charge in [-0.2, -0.15) is 0 Å². The van der Waals surface area contributed by atoms with Gasteiger partial charge in [0.2, 0.25) is 0 Å². The fourth-order valence-corrected chi connectivity index (χ4v) is 2.51. The van der Waals surface area contributed by atoms with Crippen molar-refractivity contribution in [2.75, 3.05) is 5.32 Å². The van der Waals surface area contributed by atoms with E-state index in [1.165, 1.54) is 12.7 Å². The molecule has 0 fully saturated rings. The van der Waals surface area contributed by atoms with Crippen molar-refractivity contribution in [3.8, 4) is 5.82 Å². The Morgan fingerprint density at radius 1 is 1.13 bits per heavy atom. The standard InChI is InChI=1S/C16H14BrN5O/c1-10-3-4-11(2)13(7-10)20-16(23)15-12(17)5-6-14(21-15)22-8-18-19-9-22/h3-9H,1-2H3,(H,20,23). The molecule has 2 heterocycles. The molecule has 0 aliphatic heterocycles. The van der Waals surface area contributed by atoms with Crippen molar-refractivity contribution in [3.05, 3.63) is 64.3 Å². The number of pyridine rings is 1. The zero-order valence-corrected chi connectivity index (χ0v) is 14.2. The first-order chi connectivity index (χ1) is 11.0. The van der Waals surface area contributed by atoms with Gasteiger partial charge in [0.05, 0.1) is 0 Å². The molecule has 116 valence electrons. The van der Waals surface area contributed by atoms with E-state index in [0.29, 0.717) is 16.0 Å². The van der Waals surface area contributed by atoms with Crippen LogP contribution in [0.4, 0.5) is 5.69 Å². The van der Waals surface area contributed by atoms with Crippen molar-refractivity contribution in [3.63, 3.8) is 0 Å². The molecule has 1 N–H and O–H groups in total. The number of nitrogens with zero attached hydrogens (tertiary/aromatic N) is 4. The molecule has 2 aromatic heterocycles. The number of rotatable bonds is 3. The number of aryl methyl sites for hydroxylation is 2. The fourth-order valence-electron chi connectivity index (χ4n) is 2.11. The van der Waals surface area contributed by atoms with Crippen LogP contribution in [0, 0.1) is 13.8 Å². The van der Waals surface area contributed by atoms with Gasteiger partial charge in [-0.15, -0.1) is 10.2 Å².